The lowest BCUT2D eigenvalue weighted by atomic mass is 10.3. The highest BCUT2D eigenvalue weighted by molar-refractivity contribution is 5.92. The summed E-state index contributed by atoms with van der Waals surface area (Å²) in [7, 11) is 0. The summed E-state index contributed by atoms with van der Waals surface area (Å²) < 4.78 is 0. The number of nitrogens with two attached hydrogens (primary N) is 1. The Morgan fingerprint density at radius 3 is 3.14 bits per heavy atom. The van der Waals surface area contributed by atoms with E-state index >= 15 is 0 Å². The molecule has 3 N–H and O–H groups in total. The van der Waals surface area contributed by atoms with Gasteiger partial charge in [-0.05, 0) is 25.1 Å². The molecule has 0 bridgehead atoms. The van der Waals surface area contributed by atoms with Crippen LogP contribution >= 0.6 is 0 Å². The summed E-state index contributed by atoms with van der Waals surface area (Å²) in [5, 5.41) is 0. The van der Waals surface area contributed by atoms with E-state index in [2.05, 4.69) is 10.5 Å². The Morgan fingerprint density at radius 1 is 1.64 bits per heavy atom. The Kier molecular flexibility index (Phi) is 4.60. The van der Waals surface area contributed by atoms with Gasteiger partial charge in [-0.1, -0.05) is 0 Å². The molecule has 0 aliphatic heterocycles. The largest absolute Gasteiger partial charge is 0.330 e. The molecule has 0 atom stereocenters. The molecular weight excluding hydrogens is 182 g/mol. The van der Waals surface area contributed by atoms with Crippen LogP contribution in [0.1, 0.15) is 16.8 Å². The fourth-order valence-electron chi connectivity index (χ4n) is 0.828. The van der Waals surface area contributed by atoms with E-state index in [0.717, 1.165) is 0 Å². The van der Waals surface area contributed by atoms with Gasteiger partial charge in [0.25, 0.3) is 5.91 Å². The second-order valence-electron chi connectivity index (χ2n) is 2.66. The molecule has 0 aromatic carbocycles. The van der Waals surface area contributed by atoms with E-state index in [1.165, 1.54) is 6.20 Å². The van der Waals surface area contributed by atoms with Crippen molar-refractivity contribution < 1.29 is 9.63 Å². The molecule has 0 saturated carbocycles. The number of pyridine rings is 1. The van der Waals surface area contributed by atoms with Gasteiger partial charge in [-0.2, -0.15) is 0 Å². The van der Waals surface area contributed by atoms with E-state index in [-0.39, 0.29) is 5.91 Å². The number of aromatic nitrogens is 1. The molecule has 0 saturated heterocycles. The molecule has 0 aliphatic carbocycles. The zero-order valence-corrected chi connectivity index (χ0v) is 7.77. The second kappa shape index (κ2) is 6.06. The van der Waals surface area contributed by atoms with Crippen molar-refractivity contribution in [3.63, 3.8) is 0 Å². The number of hydroxylamine groups is 1. The molecule has 5 nitrogen and oxygen atoms in total. The zero-order chi connectivity index (χ0) is 10.2. The van der Waals surface area contributed by atoms with Crippen LogP contribution in [-0.2, 0) is 4.84 Å². The first kappa shape index (κ1) is 10.6. The molecule has 0 unspecified atom stereocenters. The normalized spacial score (nSPS) is 9.79. The topological polar surface area (TPSA) is 77.2 Å². The summed E-state index contributed by atoms with van der Waals surface area (Å²) in [6, 6.07) is 3.35. The van der Waals surface area contributed by atoms with Crippen molar-refractivity contribution in [3.05, 3.63) is 30.1 Å². The quantitative estimate of drug-likeness (QED) is 0.515. The number of amides is 1. The van der Waals surface area contributed by atoms with Crippen LogP contribution in [0.25, 0.3) is 0 Å². The summed E-state index contributed by atoms with van der Waals surface area (Å²) >= 11 is 0. The molecule has 0 fully saturated rings. The van der Waals surface area contributed by atoms with Crippen molar-refractivity contribution >= 4 is 5.91 Å². The zero-order valence-electron chi connectivity index (χ0n) is 7.77. The lowest BCUT2D eigenvalue weighted by molar-refractivity contribution is 0.0309. The maximum absolute atomic E-state index is 11.3. The van der Waals surface area contributed by atoms with Crippen LogP contribution in [0.15, 0.2) is 24.5 Å². The Labute approximate surface area is 82.2 Å². The van der Waals surface area contributed by atoms with E-state index in [1.807, 2.05) is 0 Å². The third-order valence-electron chi connectivity index (χ3n) is 1.54. The molecule has 1 amide bonds. The molecule has 0 aliphatic rings. The number of hydrogen-bond donors (Lipinski definition) is 2. The fraction of sp³-hybridized carbons (Fsp3) is 0.333. The maximum Gasteiger partial charge on any atom is 0.276 e. The number of carbonyl (C=O) groups is 1. The van der Waals surface area contributed by atoms with Crippen molar-refractivity contribution in [2.24, 2.45) is 5.73 Å². The summed E-state index contributed by atoms with van der Waals surface area (Å²) in [5.74, 6) is -0.296. The van der Waals surface area contributed by atoms with Crippen molar-refractivity contribution in [2.45, 2.75) is 6.42 Å². The van der Waals surface area contributed by atoms with Crippen molar-refractivity contribution in [3.8, 4) is 0 Å². The highest BCUT2D eigenvalue weighted by atomic mass is 16.6. The van der Waals surface area contributed by atoms with Gasteiger partial charge in [0, 0.05) is 12.4 Å². The predicted octanol–water partition coefficient (Wildman–Crippen LogP) is 0.0918. The maximum atomic E-state index is 11.3. The minimum absolute atomic E-state index is 0.296. The monoisotopic (exact) mass is 195 g/mol. The number of nitrogens with one attached hydrogen (secondary N) is 1. The third-order valence-corrected chi connectivity index (χ3v) is 1.54. The van der Waals surface area contributed by atoms with Gasteiger partial charge < -0.3 is 5.73 Å². The average Bonchev–Trinajstić information content (AvgIpc) is 2.25. The van der Waals surface area contributed by atoms with Gasteiger partial charge in [-0.15, -0.1) is 0 Å². The van der Waals surface area contributed by atoms with Gasteiger partial charge in [0.2, 0.25) is 0 Å². The highest BCUT2D eigenvalue weighted by Gasteiger charge is 2.03. The average molecular weight is 195 g/mol. The van der Waals surface area contributed by atoms with Crippen LogP contribution in [0.2, 0.25) is 0 Å². The Hall–Kier alpha value is -1.46. The van der Waals surface area contributed by atoms with E-state index in [9.17, 15) is 4.79 Å². The van der Waals surface area contributed by atoms with E-state index in [0.29, 0.717) is 25.1 Å². The lowest BCUT2D eigenvalue weighted by Gasteiger charge is -2.04. The van der Waals surface area contributed by atoms with E-state index < -0.39 is 0 Å². The molecule has 1 heterocycles. The molecule has 5 heteroatoms. The molecule has 76 valence electrons. The molecule has 14 heavy (non-hydrogen) atoms. The number of hydrogen-bond acceptors (Lipinski definition) is 4. The van der Waals surface area contributed by atoms with E-state index in [1.54, 1.807) is 18.3 Å². The van der Waals surface area contributed by atoms with Gasteiger partial charge in [0.15, 0.2) is 0 Å². The van der Waals surface area contributed by atoms with Crippen LogP contribution in [0.3, 0.4) is 0 Å². The van der Waals surface area contributed by atoms with Gasteiger partial charge in [0.05, 0.1) is 12.2 Å². The smallest absolute Gasteiger partial charge is 0.276 e. The first-order valence-corrected chi connectivity index (χ1v) is 4.37. The number of nitrogens with zero attached hydrogens (tertiary/aromatic N) is 1. The summed E-state index contributed by atoms with van der Waals surface area (Å²) in [4.78, 5) is 20.0. The SMILES string of the molecule is NCCCONC(=O)c1cccnc1. The molecule has 0 radical (unpaired) electrons. The minimum atomic E-state index is -0.296. The van der Waals surface area contributed by atoms with Crippen LogP contribution < -0.4 is 11.2 Å². The van der Waals surface area contributed by atoms with Gasteiger partial charge in [-0.3, -0.25) is 14.6 Å². The van der Waals surface area contributed by atoms with Crippen LogP contribution in [0, 0.1) is 0 Å². The Morgan fingerprint density at radius 2 is 2.50 bits per heavy atom. The summed E-state index contributed by atoms with van der Waals surface area (Å²) in [5.41, 5.74) is 8.03. The summed E-state index contributed by atoms with van der Waals surface area (Å²) in [6.45, 7) is 0.964. The predicted molar refractivity (Wildman–Crippen MR) is 51.3 cm³/mol. The number of rotatable bonds is 5. The van der Waals surface area contributed by atoms with Gasteiger partial charge in [-0.25, -0.2) is 5.48 Å². The van der Waals surface area contributed by atoms with Crippen LogP contribution in [0.5, 0.6) is 0 Å². The van der Waals surface area contributed by atoms with Gasteiger partial charge in [0.1, 0.15) is 0 Å². The number of carbonyl (C=O) groups excluding carboxylic acids is 1. The van der Waals surface area contributed by atoms with Crippen LogP contribution in [0.4, 0.5) is 0 Å². The molecular formula is C9H13N3O2. The molecule has 0 spiro atoms. The first-order valence-electron chi connectivity index (χ1n) is 4.37. The molecule has 1 aromatic rings. The van der Waals surface area contributed by atoms with Crippen LogP contribution in [-0.4, -0.2) is 24.0 Å². The Bertz CT molecular complexity index is 277. The van der Waals surface area contributed by atoms with Crippen molar-refractivity contribution in [2.75, 3.05) is 13.2 Å². The minimum Gasteiger partial charge on any atom is -0.330 e. The standard InChI is InChI=1S/C9H13N3O2/c10-4-2-6-14-12-9(13)8-3-1-5-11-7-8/h1,3,5,7H,2,4,6,10H2,(H,12,13). The lowest BCUT2D eigenvalue weighted by Crippen LogP contribution is -2.24. The Balaban J connectivity index is 2.29. The second-order valence-corrected chi connectivity index (χ2v) is 2.66. The highest BCUT2D eigenvalue weighted by Crippen LogP contribution is 1.94. The third kappa shape index (κ3) is 3.51. The molecule has 1 aromatic heterocycles. The van der Waals surface area contributed by atoms with Gasteiger partial charge >= 0.3 is 0 Å². The summed E-state index contributed by atoms with van der Waals surface area (Å²) in [6.07, 6.45) is 3.79. The fourth-order valence-corrected chi connectivity index (χ4v) is 0.828. The van der Waals surface area contributed by atoms with Crippen molar-refractivity contribution in [1.82, 2.24) is 10.5 Å². The van der Waals surface area contributed by atoms with E-state index in [4.69, 9.17) is 10.6 Å². The van der Waals surface area contributed by atoms with Crippen molar-refractivity contribution in [1.29, 1.82) is 0 Å². The first-order chi connectivity index (χ1) is 6.84. The molecule has 1 rings (SSSR count).